The minimum absolute atomic E-state index is 0.696. The van der Waals surface area contributed by atoms with E-state index in [0.29, 0.717) is 5.92 Å². The van der Waals surface area contributed by atoms with Crippen LogP contribution in [0.25, 0.3) is 0 Å². The van der Waals surface area contributed by atoms with Gasteiger partial charge in [0.1, 0.15) is 17.5 Å². The number of hydrogen-bond donors (Lipinski definition) is 2. The first-order valence-corrected chi connectivity index (χ1v) is 6.94. The molecule has 0 saturated heterocycles. The summed E-state index contributed by atoms with van der Waals surface area (Å²) < 4.78 is 5.02. The molecule has 1 rings (SSSR count). The van der Waals surface area contributed by atoms with Crippen LogP contribution in [0.2, 0.25) is 0 Å². The Labute approximate surface area is 116 Å². The molecule has 5 heteroatoms. The third-order valence-corrected chi connectivity index (χ3v) is 2.70. The second-order valence-corrected chi connectivity index (χ2v) is 5.07. The van der Waals surface area contributed by atoms with E-state index >= 15 is 0 Å². The SMILES string of the molecule is COCCCNc1cc(NCCC(C)C)nc(C)n1. The van der Waals surface area contributed by atoms with E-state index in [-0.39, 0.29) is 0 Å². The fourth-order valence-corrected chi connectivity index (χ4v) is 1.67. The first-order chi connectivity index (χ1) is 9.11. The van der Waals surface area contributed by atoms with Crippen molar-refractivity contribution in [3.8, 4) is 0 Å². The first-order valence-electron chi connectivity index (χ1n) is 6.94. The molecule has 0 amide bonds. The van der Waals surface area contributed by atoms with Crippen LogP contribution in [0.4, 0.5) is 11.6 Å². The van der Waals surface area contributed by atoms with Crippen molar-refractivity contribution in [2.45, 2.75) is 33.6 Å². The molecule has 0 aliphatic carbocycles. The van der Waals surface area contributed by atoms with Crippen LogP contribution in [-0.4, -0.2) is 36.8 Å². The molecule has 2 N–H and O–H groups in total. The zero-order valence-corrected chi connectivity index (χ0v) is 12.5. The van der Waals surface area contributed by atoms with Crippen molar-refractivity contribution >= 4 is 11.6 Å². The van der Waals surface area contributed by atoms with E-state index in [1.54, 1.807) is 7.11 Å². The van der Waals surface area contributed by atoms with Crippen molar-refractivity contribution in [1.82, 2.24) is 9.97 Å². The van der Waals surface area contributed by atoms with Crippen LogP contribution in [0, 0.1) is 12.8 Å². The zero-order chi connectivity index (χ0) is 14.1. The quantitative estimate of drug-likeness (QED) is 0.673. The molecular formula is C14H26N4O. The van der Waals surface area contributed by atoms with Crippen molar-refractivity contribution in [3.63, 3.8) is 0 Å². The molecule has 0 spiro atoms. The Morgan fingerprint density at radius 3 is 2.37 bits per heavy atom. The third-order valence-electron chi connectivity index (χ3n) is 2.70. The fourth-order valence-electron chi connectivity index (χ4n) is 1.67. The molecule has 1 heterocycles. The molecule has 0 aliphatic heterocycles. The van der Waals surface area contributed by atoms with Gasteiger partial charge in [-0.25, -0.2) is 9.97 Å². The highest BCUT2D eigenvalue weighted by molar-refractivity contribution is 5.47. The van der Waals surface area contributed by atoms with Crippen molar-refractivity contribution in [2.75, 3.05) is 37.4 Å². The molecule has 1 aromatic heterocycles. The lowest BCUT2D eigenvalue weighted by Gasteiger charge is -2.11. The maximum Gasteiger partial charge on any atom is 0.131 e. The van der Waals surface area contributed by atoms with Gasteiger partial charge in [-0.1, -0.05) is 13.8 Å². The molecule has 5 nitrogen and oxygen atoms in total. The molecule has 0 unspecified atom stereocenters. The first kappa shape index (κ1) is 15.7. The van der Waals surface area contributed by atoms with Gasteiger partial charge in [-0.3, -0.25) is 0 Å². The van der Waals surface area contributed by atoms with Crippen LogP contribution in [0.3, 0.4) is 0 Å². The summed E-state index contributed by atoms with van der Waals surface area (Å²) in [5.74, 6) is 3.24. The number of nitrogens with one attached hydrogen (secondary N) is 2. The van der Waals surface area contributed by atoms with E-state index in [4.69, 9.17) is 4.74 Å². The van der Waals surface area contributed by atoms with E-state index in [1.807, 2.05) is 13.0 Å². The molecular weight excluding hydrogens is 240 g/mol. The molecule has 1 aromatic rings. The molecule has 108 valence electrons. The third kappa shape index (κ3) is 6.96. The fraction of sp³-hybridized carbons (Fsp3) is 0.714. The lowest BCUT2D eigenvalue weighted by atomic mass is 10.1. The van der Waals surface area contributed by atoms with Crippen LogP contribution in [-0.2, 0) is 4.74 Å². The predicted molar refractivity (Wildman–Crippen MR) is 79.7 cm³/mol. The molecule has 0 radical (unpaired) electrons. The van der Waals surface area contributed by atoms with E-state index in [2.05, 4.69) is 34.4 Å². The lowest BCUT2D eigenvalue weighted by Crippen LogP contribution is -2.10. The Bertz CT molecular complexity index is 368. The molecule has 0 bridgehead atoms. The molecule has 19 heavy (non-hydrogen) atoms. The molecule has 0 saturated carbocycles. The normalized spacial score (nSPS) is 10.8. The van der Waals surface area contributed by atoms with Crippen LogP contribution in [0.1, 0.15) is 32.5 Å². The van der Waals surface area contributed by atoms with E-state index in [1.165, 1.54) is 0 Å². The Morgan fingerprint density at radius 1 is 1.16 bits per heavy atom. The summed E-state index contributed by atoms with van der Waals surface area (Å²) in [4.78, 5) is 8.76. The van der Waals surface area contributed by atoms with Crippen LogP contribution < -0.4 is 10.6 Å². The summed E-state index contributed by atoms with van der Waals surface area (Å²) in [6.45, 7) is 8.91. The second-order valence-electron chi connectivity index (χ2n) is 5.07. The number of methoxy groups -OCH3 is 1. The number of aromatic nitrogens is 2. The molecule has 0 atom stereocenters. The predicted octanol–water partition coefficient (Wildman–Crippen LogP) is 2.69. The van der Waals surface area contributed by atoms with Crippen LogP contribution >= 0.6 is 0 Å². The van der Waals surface area contributed by atoms with E-state index < -0.39 is 0 Å². The largest absolute Gasteiger partial charge is 0.385 e. The van der Waals surface area contributed by atoms with Gasteiger partial charge in [0.15, 0.2) is 0 Å². The summed E-state index contributed by atoms with van der Waals surface area (Å²) in [6.07, 6.45) is 2.11. The van der Waals surface area contributed by atoms with Gasteiger partial charge in [0, 0.05) is 32.9 Å². The highest BCUT2D eigenvalue weighted by Gasteiger charge is 2.02. The summed E-state index contributed by atoms with van der Waals surface area (Å²) in [5, 5.41) is 6.63. The second kappa shape index (κ2) is 8.69. The smallest absolute Gasteiger partial charge is 0.131 e. The highest BCUT2D eigenvalue weighted by atomic mass is 16.5. The van der Waals surface area contributed by atoms with Gasteiger partial charge in [-0.05, 0) is 25.7 Å². The maximum atomic E-state index is 5.02. The van der Waals surface area contributed by atoms with Gasteiger partial charge in [0.05, 0.1) is 0 Å². The van der Waals surface area contributed by atoms with Gasteiger partial charge in [-0.2, -0.15) is 0 Å². The number of ether oxygens (including phenoxy) is 1. The topological polar surface area (TPSA) is 59.1 Å². The Kier molecular flexibility index (Phi) is 7.18. The Balaban J connectivity index is 2.46. The van der Waals surface area contributed by atoms with Gasteiger partial charge in [0.25, 0.3) is 0 Å². The van der Waals surface area contributed by atoms with Crippen LogP contribution in [0.5, 0.6) is 0 Å². The summed E-state index contributed by atoms with van der Waals surface area (Å²) in [5.41, 5.74) is 0. The minimum Gasteiger partial charge on any atom is -0.385 e. The molecule has 0 fully saturated rings. The molecule has 0 aliphatic rings. The van der Waals surface area contributed by atoms with Crippen molar-refractivity contribution in [1.29, 1.82) is 0 Å². The number of aryl methyl sites for hydroxylation is 1. The average molecular weight is 266 g/mol. The van der Waals surface area contributed by atoms with E-state index in [9.17, 15) is 0 Å². The van der Waals surface area contributed by atoms with Gasteiger partial charge in [-0.15, -0.1) is 0 Å². The van der Waals surface area contributed by atoms with Gasteiger partial charge < -0.3 is 15.4 Å². The van der Waals surface area contributed by atoms with Gasteiger partial charge in [0.2, 0.25) is 0 Å². The number of rotatable bonds is 9. The minimum atomic E-state index is 0.696. The molecule has 0 aromatic carbocycles. The number of anilines is 2. The summed E-state index contributed by atoms with van der Waals surface area (Å²) in [7, 11) is 1.71. The number of hydrogen-bond acceptors (Lipinski definition) is 5. The van der Waals surface area contributed by atoms with Crippen molar-refractivity contribution in [2.24, 2.45) is 5.92 Å². The average Bonchev–Trinajstić information content (AvgIpc) is 2.34. The number of nitrogens with zero attached hydrogens (tertiary/aromatic N) is 2. The zero-order valence-electron chi connectivity index (χ0n) is 12.5. The van der Waals surface area contributed by atoms with Crippen LogP contribution in [0.15, 0.2) is 6.07 Å². The van der Waals surface area contributed by atoms with Crippen molar-refractivity contribution in [3.05, 3.63) is 11.9 Å². The maximum absolute atomic E-state index is 5.02. The van der Waals surface area contributed by atoms with Crippen molar-refractivity contribution < 1.29 is 4.74 Å². The monoisotopic (exact) mass is 266 g/mol. The Hall–Kier alpha value is -1.36. The highest BCUT2D eigenvalue weighted by Crippen LogP contribution is 2.11. The Morgan fingerprint density at radius 2 is 1.79 bits per heavy atom. The van der Waals surface area contributed by atoms with E-state index in [0.717, 1.165) is 50.0 Å². The summed E-state index contributed by atoms with van der Waals surface area (Å²) in [6, 6.07) is 1.96. The standard InChI is InChI=1S/C14H26N4O/c1-11(2)6-8-16-14-10-13(17-12(3)18-14)15-7-5-9-19-4/h10-11H,5-9H2,1-4H3,(H2,15,16,17,18). The van der Waals surface area contributed by atoms with Gasteiger partial charge >= 0.3 is 0 Å². The lowest BCUT2D eigenvalue weighted by molar-refractivity contribution is 0.198. The summed E-state index contributed by atoms with van der Waals surface area (Å²) >= 11 is 0.